The predicted octanol–water partition coefficient (Wildman–Crippen LogP) is 0.995. The Hall–Kier alpha value is -1.71. The lowest BCUT2D eigenvalue weighted by Crippen LogP contribution is -1.93. The maximum atomic E-state index is 4.25. The minimum absolute atomic E-state index is 0.894. The van der Waals surface area contributed by atoms with Gasteiger partial charge in [-0.25, -0.2) is 0 Å². The van der Waals surface area contributed by atoms with E-state index in [0.717, 1.165) is 24.2 Å². The minimum atomic E-state index is 0.894. The van der Waals surface area contributed by atoms with Crippen LogP contribution in [0.1, 0.15) is 11.4 Å². The summed E-state index contributed by atoms with van der Waals surface area (Å²) in [6.45, 7) is 0. The van der Waals surface area contributed by atoms with E-state index in [1.807, 2.05) is 37.6 Å². The summed E-state index contributed by atoms with van der Waals surface area (Å²) >= 11 is 0. The average molecular weight is 188 g/mol. The third kappa shape index (κ3) is 2.16. The van der Waals surface area contributed by atoms with Crippen molar-refractivity contribution >= 4 is 0 Å². The Bertz CT molecular complexity index is 394. The SMILES string of the molecule is Cn1cc(CCc2ccccn2)nn1. The Kier molecular flexibility index (Phi) is 2.53. The van der Waals surface area contributed by atoms with E-state index in [1.54, 1.807) is 4.68 Å². The Balaban J connectivity index is 1.95. The number of nitrogens with zero attached hydrogens (tertiary/aromatic N) is 4. The summed E-state index contributed by atoms with van der Waals surface area (Å²) in [5, 5.41) is 7.89. The molecule has 0 spiro atoms. The van der Waals surface area contributed by atoms with Gasteiger partial charge in [0.15, 0.2) is 0 Å². The molecule has 0 aliphatic carbocycles. The van der Waals surface area contributed by atoms with Crippen LogP contribution in [0.15, 0.2) is 30.6 Å². The number of hydrogen-bond donors (Lipinski definition) is 0. The minimum Gasteiger partial charge on any atom is -0.261 e. The van der Waals surface area contributed by atoms with Crippen LogP contribution in [0, 0.1) is 0 Å². The Labute approximate surface area is 82.6 Å². The molecule has 0 aromatic carbocycles. The number of pyridine rings is 1. The van der Waals surface area contributed by atoms with Gasteiger partial charge < -0.3 is 0 Å². The van der Waals surface area contributed by atoms with Gasteiger partial charge in [-0.05, 0) is 25.0 Å². The van der Waals surface area contributed by atoms with Crippen LogP contribution in [-0.2, 0) is 19.9 Å². The molecule has 0 amide bonds. The highest BCUT2D eigenvalue weighted by Crippen LogP contribution is 2.00. The summed E-state index contributed by atoms with van der Waals surface area (Å²) in [5.41, 5.74) is 2.11. The molecule has 0 unspecified atom stereocenters. The fourth-order valence-corrected chi connectivity index (χ4v) is 1.31. The van der Waals surface area contributed by atoms with Crippen molar-refractivity contribution in [1.29, 1.82) is 0 Å². The van der Waals surface area contributed by atoms with Crippen LogP contribution < -0.4 is 0 Å². The summed E-state index contributed by atoms with van der Waals surface area (Å²) in [4.78, 5) is 4.25. The van der Waals surface area contributed by atoms with E-state index in [1.165, 1.54) is 0 Å². The smallest absolute Gasteiger partial charge is 0.0830 e. The molecule has 2 rings (SSSR count). The van der Waals surface area contributed by atoms with Gasteiger partial charge in [0, 0.05) is 25.1 Å². The molecule has 0 bridgehead atoms. The highest BCUT2D eigenvalue weighted by Gasteiger charge is 1.99. The van der Waals surface area contributed by atoms with Crippen molar-refractivity contribution in [1.82, 2.24) is 20.0 Å². The number of hydrogen-bond acceptors (Lipinski definition) is 3. The molecule has 14 heavy (non-hydrogen) atoms. The zero-order chi connectivity index (χ0) is 9.80. The van der Waals surface area contributed by atoms with Crippen LogP contribution in [0.4, 0.5) is 0 Å². The zero-order valence-corrected chi connectivity index (χ0v) is 8.09. The van der Waals surface area contributed by atoms with Gasteiger partial charge in [-0.1, -0.05) is 11.3 Å². The van der Waals surface area contributed by atoms with Crippen LogP contribution in [0.25, 0.3) is 0 Å². The van der Waals surface area contributed by atoms with Gasteiger partial charge in [0.1, 0.15) is 0 Å². The fourth-order valence-electron chi connectivity index (χ4n) is 1.31. The third-order valence-corrected chi connectivity index (χ3v) is 2.01. The van der Waals surface area contributed by atoms with Gasteiger partial charge in [-0.3, -0.25) is 9.67 Å². The molecule has 2 aromatic heterocycles. The third-order valence-electron chi connectivity index (χ3n) is 2.01. The highest BCUT2D eigenvalue weighted by molar-refractivity contribution is 5.06. The molecule has 2 aromatic rings. The summed E-state index contributed by atoms with van der Waals surface area (Å²) in [6, 6.07) is 5.95. The lowest BCUT2D eigenvalue weighted by Gasteiger charge is -1.95. The van der Waals surface area contributed by atoms with Crippen LogP contribution in [0.3, 0.4) is 0 Å². The van der Waals surface area contributed by atoms with Crippen molar-refractivity contribution < 1.29 is 0 Å². The number of rotatable bonds is 3. The van der Waals surface area contributed by atoms with E-state index in [2.05, 4.69) is 15.3 Å². The quantitative estimate of drug-likeness (QED) is 0.721. The molecule has 0 aliphatic rings. The second-order valence-electron chi connectivity index (χ2n) is 3.20. The molecule has 0 saturated carbocycles. The van der Waals surface area contributed by atoms with Gasteiger partial charge in [0.25, 0.3) is 0 Å². The van der Waals surface area contributed by atoms with Crippen molar-refractivity contribution in [3.05, 3.63) is 42.0 Å². The van der Waals surface area contributed by atoms with Gasteiger partial charge >= 0.3 is 0 Å². The summed E-state index contributed by atoms with van der Waals surface area (Å²) in [7, 11) is 1.87. The first-order chi connectivity index (χ1) is 6.84. The monoisotopic (exact) mass is 188 g/mol. The highest BCUT2D eigenvalue weighted by atomic mass is 15.4. The normalized spacial score (nSPS) is 10.4. The molecule has 0 N–H and O–H groups in total. The summed E-state index contributed by atoms with van der Waals surface area (Å²) in [5.74, 6) is 0. The van der Waals surface area contributed by atoms with Crippen molar-refractivity contribution in [2.75, 3.05) is 0 Å². The topological polar surface area (TPSA) is 43.6 Å². The average Bonchev–Trinajstić information content (AvgIpc) is 2.63. The first-order valence-corrected chi connectivity index (χ1v) is 4.60. The van der Waals surface area contributed by atoms with Crippen molar-refractivity contribution in [3.8, 4) is 0 Å². The van der Waals surface area contributed by atoms with E-state index in [4.69, 9.17) is 0 Å². The summed E-state index contributed by atoms with van der Waals surface area (Å²) in [6.07, 6.45) is 5.55. The Morgan fingerprint density at radius 2 is 2.07 bits per heavy atom. The predicted molar refractivity (Wildman–Crippen MR) is 52.6 cm³/mol. The second-order valence-corrected chi connectivity index (χ2v) is 3.20. The van der Waals surface area contributed by atoms with Crippen molar-refractivity contribution in [2.45, 2.75) is 12.8 Å². The van der Waals surface area contributed by atoms with E-state index in [-0.39, 0.29) is 0 Å². The van der Waals surface area contributed by atoms with Crippen LogP contribution in [0.2, 0.25) is 0 Å². The fraction of sp³-hybridized carbons (Fsp3) is 0.300. The maximum absolute atomic E-state index is 4.25. The largest absolute Gasteiger partial charge is 0.261 e. The van der Waals surface area contributed by atoms with Gasteiger partial charge in [-0.15, -0.1) is 5.10 Å². The molecule has 4 heteroatoms. The lowest BCUT2D eigenvalue weighted by molar-refractivity contribution is 0.712. The van der Waals surface area contributed by atoms with E-state index >= 15 is 0 Å². The maximum Gasteiger partial charge on any atom is 0.0830 e. The van der Waals surface area contributed by atoms with E-state index in [9.17, 15) is 0 Å². The van der Waals surface area contributed by atoms with Crippen molar-refractivity contribution in [2.24, 2.45) is 7.05 Å². The molecule has 0 aliphatic heterocycles. The molecule has 0 atom stereocenters. The van der Waals surface area contributed by atoms with Gasteiger partial charge in [0.05, 0.1) is 5.69 Å². The van der Waals surface area contributed by atoms with E-state index < -0.39 is 0 Å². The standard InChI is InChI=1S/C10H12N4/c1-14-8-10(12-13-14)6-5-9-4-2-3-7-11-9/h2-4,7-8H,5-6H2,1H3. The Morgan fingerprint density at radius 3 is 2.71 bits per heavy atom. The molecule has 4 nitrogen and oxygen atoms in total. The summed E-state index contributed by atoms with van der Waals surface area (Å²) < 4.78 is 1.72. The molecular weight excluding hydrogens is 176 g/mol. The van der Waals surface area contributed by atoms with Crippen LogP contribution in [-0.4, -0.2) is 20.0 Å². The van der Waals surface area contributed by atoms with Gasteiger partial charge in [0.2, 0.25) is 0 Å². The van der Waals surface area contributed by atoms with Gasteiger partial charge in [-0.2, -0.15) is 0 Å². The molecule has 0 fully saturated rings. The van der Waals surface area contributed by atoms with Crippen LogP contribution in [0.5, 0.6) is 0 Å². The van der Waals surface area contributed by atoms with E-state index in [0.29, 0.717) is 0 Å². The molecule has 72 valence electrons. The zero-order valence-electron chi connectivity index (χ0n) is 8.09. The lowest BCUT2D eigenvalue weighted by atomic mass is 10.2. The van der Waals surface area contributed by atoms with Crippen LogP contribution >= 0.6 is 0 Å². The Morgan fingerprint density at radius 1 is 1.21 bits per heavy atom. The first-order valence-electron chi connectivity index (χ1n) is 4.60. The van der Waals surface area contributed by atoms with Crippen molar-refractivity contribution in [3.63, 3.8) is 0 Å². The molecule has 0 saturated heterocycles. The first kappa shape index (κ1) is 8.87. The second kappa shape index (κ2) is 4.00. The molecule has 0 radical (unpaired) electrons. The number of aryl methyl sites for hydroxylation is 3. The molecule has 2 heterocycles. The molecular formula is C10H12N4. The number of aromatic nitrogens is 4.